The van der Waals surface area contributed by atoms with Gasteiger partial charge in [-0.05, 0) is 19.8 Å². The Labute approximate surface area is 131 Å². The highest BCUT2D eigenvalue weighted by Gasteiger charge is 2.25. The number of aromatic nitrogens is 2. The number of rotatable bonds is 6. The molecule has 0 radical (unpaired) electrons. The normalized spacial score (nSPS) is 12.1. The summed E-state index contributed by atoms with van der Waals surface area (Å²) in [5.41, 5.74) is 3.35. The molecule has 2 rings (SSSR count). The highest BCUT2D eigenvalue weighted by Crippen LogP contribution is 2.29. The predicted molar refractivity (Wildman–Crippen MR) is 86.9 cm³/mol. The number of benzene rings is 1. The van der Waals surface area contributed by atoms with Gasteiger partial charge in [-0.2, -0.15) is 0 Å². The van der Waals surface area contributed by atoms with Crippen molar-refractivity contribution in [2.45, 2.75) is 46.0 Å². The van der Waals surface area contributed by atoms with E-state index in [0.717, 1.165) is 28.9 Å². The summed E-state index contributed by atoms with van der Waals surface area (Å²) in [4.78, 5) is 20.8. The highest BCUT2D eigenvalue weighted by molar-refractivity contribution is 5.77. The summed E-state index contributed by atoms with van der Waals surface area (Å²) in [5.74, 6) is -0.653. The molecule has 0 amide bonds. The molecule has 1 N–H and O–H groups in total. The first-order chi connectivity index (χ1) is 10.6. The van der Waals surface area contributed by atoms with Gasteiger partial charge in [0.25, 0.3) is 0 Å². The zero-order chi connectivity index (χ0) is 16.1. The Morgan fingerprint density at radius 3 is 2.41 bits per heavy atom. The topological polar surface area (TPSA) is 63.1 Å². The fourth-order valence-electron chi connectivity index (χ4n) is 2.76. The minimum Gasteiger partial charge on any atom is -0.481 e. The molecule has 22 heavy (non-hydrogen) atoms. The van der Waals surface area contributed by atoms with Gasteiger partial charge in [0, 0.05) is 22.5 Å². The van der Waals surface area contributed by atoms with Crippen molar-refractivity contribution in [3.8, 4) is 11.4 Å². The molecule has 0 saturated carbocycles. The summed E-state index contributed by atoms with van der Waals surface area (Å²) < 4.78 is 0. The lowest BCUT2D eigenvalue weighted by Gasteiger charge is -2.18. The van der Waals surface area contributed by atoms with Crippen molar-refractivity contribution in [1.29, 1.82) is 0 Å². The van der Waals surface area contributed by atoms with E-state index in [4.69, 9.17) is 0 Å². The molecule has 116 valence electrons. The van der Waals surface area contributed by atoms with Crippen LogP contribution < -0.4 is 0 Å². The van der Waals surface area contributed by atoms with E-state index in [1.807, 2.05) is 51.1 Å². The first kappa shape index (κ1) is 16.1. The van der Waals surface area contributed by atoms with Gasteiger partial charge in [-0.15, -0.1) is 0 Å². The van der Waals surface area contributed by atoms with Gasteiger partial charge >= 0.3 is 5.97 Å². The summed E-state index contributed by atoms with van der Waals surface area (Å²) in [6.07, 6.45) is 2.13. The molecule has 2 aromatic rings. The van der Waals surface area contributed by atoms with Crippen LogP contribution in [0.15, 0.2) is 30.3 Å². The van der Waals surface area contributed by atoms with Gasteiger partial charge in [0.2, 0.25) is 0 Å². The van der Waals surface area contributed by atoms with Crippen molar-refractivity contribution in [2.24, 2.45) is 0 Å². The van der Waals surface area contributed by atoms with Crippen molar-refractivity contribution < 1.29 is 9.90 Å². The zero-order valence-electron chi connectivity index (χ0n) is 13.3. The fraction of sp³-hybridized carbons (Fsp3) is 0.389. The lowest BCUT2D eigenvalue weighted by Crippen LogP contribution is -2.17. The summed E-state index contributed by atoms with van der Waals surface area (Å²) in [6.45, 7) is 5.88. The molecule has 1 heterocycles. The third kappa shape index (κ3) is 3.32. The van der Waals surface area contributed by atoms with E-state index in [0.29, 0.717) is 18.7 Å². The largest absolute Gasteiger partial charge is 0.481 e. The van der Waals surface area contributed by atoms with Crippen LogP contribution in [0.4, 0.5) is 0 Å². The molecule has 0 saturated heterocycles. The molecule has 0 fully saturated rings. The third-order valence-electron chi connectivity index (χ3n) is 3.81. The van der Waals surface area contributed by atoms with E-state index in [9.17, 15) is 9.90 Å². The Balaban J connectivity index is 2.55. The number of hydrogen-bond donors (Lipinski definition) is 1. The van der Waals surface area contributed by atoms with Gasteiger partial charge in [-0.3, -0.25) is 4.79 Å². The van der Waals surface area contributed by atoms with Crippen LogP contribution in [0, 0.1) is 6.92 Å². The second kappa shape index (κ2) is 7.16. The molecule has 0 aliphatic rings. The van der Waals surface area contributed by atoms with Crippen LogP contribution in [-0.4, -0.2) is 21.0 Å². The van der Waals surface area contributed by atoms with Gasteiger partial charge in [0.1, 0.15) is 0 Å². The van der Waals surface area contributed by atoms with Crippen molar-refractivity contribution in [2.75, 3.05) is 0 Å². The number of carbonyl (C=O) groups is 1. The summed E-state index contributed by atoms with van der Waals surface area (Å²) in [5, 5.41) is 9.53. The van der Waals surface area contributed by atoms with E-state index < -0.39 is 11.9 Å². The molecule has 0 bridgehead atoms. The van der Waals surface area contributed by atoms with Crippen molar-refractivity contribution in [1.82, 2.24) is 9.97 Å². The minimum absolute atomic E-state index is 0.523. The Kier molecular flexibility index (Phi) is 5.26. The van der Waals surface area contributed by atoms with Crippen LogP contribution in [0.5, 0.6) is 0 Å². The maximum absolute atomic E-state index is 11.6. The number of aryl methyl sites for hydroxylation is 2. The van der Waals surface area contributed by atoms with Crippen LogP contribution in [0.3, 0.4) is 0 Å². The van der Waals surface area contributed by atoms with Crippen molar-refractivity contribution in [3.63, 3.8) is 0 Å². The Morgan fingerprint density at radius 2 is 1.86 bits per heavy atom. The minimum atomic E-state index is -0.796. The first-order valence-electron chi connectivity index (χ1n) is 7.74. The Bertz CT molecular complexity index is 654. The van der Waals surface area contributed by atoms with Gasteiger partial charge < -0.3 is 5.11 Å². The highest BCUT2D eigenvalue weighted by atomic mass is 16.4. The molecular weight excluding hydrogens is 276 g/mol. The molecule has 0 spiro atoms. The number of carboxylic acid groups (broad SMARTS) is 1. The molecule has 1 unspecified atom stereocenters. The zero-order valence-corrected chi connectivity index (χ0v) is 13.3. The van der Waals surface area contributed by atoms with E-state index in [1.54, 1.807) is 0 Å². The standard InChI is InChI=1S/C18H22N2O2/c1-4-9-14(18(21)22)16-12(3)19-17(20-15(16)5-2)13-10-7-6-8-11-13/h6-8,10-11,14H,4-5,9H2,1-3H3,(H,21,22). The average molecular weight is 298 g/mol. The SMILES string of the molecule is CCCC(C(=O)O)c1c(C)nc(-c2ccccc2)nc1CC. The van der Waals surface area contributed by atoms with E-state index in [-0.39, 0.29) is 0 Å². The maximum Gasteiger partial charge on any atom is 0.311 e. The molecular formula is C18H22N2O2. The average Bonchev–Trinajstić information content (AvgIpc) is 2.53. The lowest BCUT2D eigenvalue weighted by atomic mass is 9.91. The quantitative estimate of drug-likeness (QED) is 0.876. The van der Waals surface area contributed by atoms with Crippen LogP contribution in [0.1, 0.15) is 49.6 Å². The first-order valence-corrected chi connectivity index (χ1v) is 7.74. The van der Waals surface area contributed by atoms with E-state index in [2.05, 4.69) is 9.97 Å². The number of aliphatic carboxylic acids is 1. The molecule has 1 atom stereocenters. The van der Waals surface area contributed by atoms with Crippen molar-refractivity contribution >= 4 is 5.97 Å². The molecule has 4 nitrogen and oxygen atoms in total. The van der Waals surface area contributed by atoms with Gasteiger partial charge in [0.05, 0.1) is 5.92 Å². The van der Waals surface area contributed by atoms with E-state index in [1.165, 1.54) is 0 Å². The molecule has 4 heteroatoms. The summed E-state index contributed by atoms with van der Waals surface area (Å²) in [6, 6.07) is 9.78. The second-order valence-electron chi connectivity index (χ2n) is 5.39. The molecule has 0 aliphatic carbocycles. The Morgan fingerprint density at radius 1 is 1.18 bits per heavy atom. The number of carboxylic acids is 1. The van der Waals surface area contributed by atoms with Gasteiger partial charge in [-0.25, -0.2) is 9.97 Å². The number of hydrogen-bond acceptors (Lipinski definition) is 3. The monoisotopic (exact) mass is 298 g/mol. The molecule has 1 aromatic carbocycles. The van der Waals surface area contributed by atoms with E-state index >= 15 is 0 Å². The van der Waals surface area contributed by atoms with Gasteiger partial charge in [0.15, 0.2) is 5.82 Å². The lowest BCUT2D eigenvalue weighted by molar-refractivity contribution is -0.139. The molecule has 0 aliphatic heterocycles. The van der Waals surface area contributed by atoms with Crippen LogP contribution in [-0.2, 0) is 11.2 Å². The summed E-state index contributed by atoms with van der Waals surface area (Å²) >= 11 is 0. The van der Waals surface area contributed by atoms with Crippen LogP contribution >= 0.6 is 0 Å². The third-order valence-corrected chi connectivity index (χ3v) is 3.81. The maximum atomic E-state index is 11.6. The summed E-state index contributed by atoms with van der Waals surface area (Å²) in [7, 11) is 0. The van der Waals surface area contributed by atoms with Gasteiger partial charge in [-0.1, -0.05) is 50.6 Å². The predicted octanol–water partition coefficient (Wildman–Crippen LogP) is 3.98. The molecule has 1 aromatic heterocycles. The Hall–Kier alpha value is -2.23. The number of nitrogens with zero attached hydrogens (tertiary/aromatic N) is 2. The second-order valence-corrected chi connectivity index (χ2v) is 5.39. The smallest absolute Gasteiger partial charge is 0.311 e. The van der Waals surface area contributed by atoms with Crippen molar-refractivity contribution in [3.05, 3.63) is 47.3 Å². The fourth-order valence-corrected chi connectivity index (χ4v) is 2.76. The van der Waals surface area contributed by atoms with Crippen LogP contribution in [0.2, 0.25) is 0 Å². The van der Waals surface area contributed by atoms with Crippen LogP contribution in [0.25, 0.3) is 11.4 Å².